The molecule has 3 N–H and O–H groups in total. The van der Waals surface area contributed by atoms with Crippen molar-refractivity contribution in [1.29, 1.82) is 0 Å². The van der Waals surface area contributed by atoms with E-state index in [0.29, 0.717) is 17.7 Å². The van der Waals surface area contributed by atoms with Gasteiger partial charge in [-0.25, -0.2) is 8.42 Å². The van der Waals surface area contributed by atoms with Gasteiger partial charge >= 0.3 is 0 Å². The van der Waals surface area contributed by atoms with Crippen LogP contribution in [0.4, 0.5) is 5.69 Å². The Morgan fingerprint density at radius 3 is 2.50 bits per heavy atom. The molecule has 2 heterocycles. The van der Waals surface area contributed by atoms with Crippen molar-refractivity contribution >= 4 is 46.2 Å². The van der Waals surface area contributed by atoms with Crippen LogP contribution in [0.2, 0.25) is 0 Å². The summed E-state index contributed by atoms with van der Waals surface area (Å²) >= 11 is 0. The number of pyridine rings is 1. The first-order valence-electron chi connectivity index (χ1n) is 6.81. The van der Waals surface area contributed by atoms with Crippen LogP contribution in [-0.4, -0.2) is 25.1 Å². The Hall–Kier alpha value is -1.67. The first-order valence-corrected chi connectivity index (χ1v) is 8.46. The standard InChI is InChI=1S/C15H15N3O3S.2ClH/c16-13-5-8-22(20,21)14-9-10(1-2-12(13)14)15(19)18-11-3-6-17-7-4-11;;/h1-4,6-7,9,13H,5,8,16H2,(H,17,18,19);2*1H/t13-;;/m0../s1. The molecular formula is C15H17Cl2N3O3S. The van der Waals surface area contributed by atoms with E-state index in [9.17, 15) is 13.2 Å². The number of hydrogen-bond acceptors (Lipinski definition) is 5. The van der Waals surface area contributed by atoms with Crippen molar-refractivity contribution in [2.24, 2.45) is 5.73 Å². The molecule has 1 amide bonds. The summed E-state index contributed by atoms with van der Waals surface area (Å²) < 4.78 is 24.3. The van der Waals surface area contributed by atoms with Crippen LogP contribution in [0.1, 0.15) is 28.4 Å². The summed E-state index contributed by atoms with van der Waals surface area (Å²) in [6.45, 7) is 0. The van der Waals surface area contributed by atoms with Crippen molar-refractivity contribution < 1.29 is 13.2 Å². The van der Waals surface area contributed by atoms with Crippen LogP contribution in [0.3, 0.4) is 0 Å². The summed E-state index contributed by atoms with van der Waals surface area (Å²) in [5.41, 5.74) is 7.40. The topological polar surface area (TPSA) is 102 Å². The van der Waals surface area contributed by atoms with Gasteiger partial charge in [0.25, 0.3) is 5.91 Å². The summed E-state index contributed by atoms with van der Waals surface area (Å²) in [6, 6.07) is 7.62. The molecular weight excluding hydrogens is 373 g/mol. The molecule has 1 aliphatic rings. The summed E-state index contributed by atoms with van der Waals surface area (Å²) in [6.07, 6.45) is 3.52. The number of benzene rings is 1. The van der Waals surface area contributed by atoms with E-state index < -0.39 is 9.84 Å². The minimum atomic E-state index is -3.37. The number of aromatic nitrogens is 1. The minimum absolute atomic E-state index is 0. The number of halogens is 2. The third kappa shape index (κ3) is 4.05. The third-order valence-corrected chi connectivity index (χ3v) is 5.44. The van der Waals surface area contributed by atoms with Gasteiger partial charge in [0.1, 0.15) is 0 Å². The molecule has 0 radical (unpaired) electrons. The van der Waals surface area contributed by atoms with E-state index in [1.54, 1.807) is 36.7 Å². The molecule has 3 rings (SSSR count). The van der Waals surface area contributed by atoms with E-state index in [2.05, 4.69) is 10.3 Å². The van der Waals surface area contributed by atoms with E-state index in [1.165, 1.54) is 6.07 Å². The van der Waals surface area contributed by atoms with Crippen molar-refractivity contribution in [2.75, 3.05) is 11.1 Å². The van der Waals surface area contributed by atoms with E-state index >= 15 is 0 Å². The molecule has 130 valence electrons. The van der Waals surface area contributed by atoms with Gasteiger partial charge in [0.15, 0.2) is 9.84 Å². The van der Waals surface area contributed by atoms with Crippen LogP contribution in [0.15, 0.2) is 47.6 Å². The maximum absolute atomic E-state index is 12.2. The molecule has 1 atom stereocenters. The Kier molecular flexibility index (Phi) is 6.74. The number of rotatable bonds is 2. The van der Waals surface area contributed by atoms with Crippen molar-refractivity contribution in [2.45, 2.75) is 17.4 Å². The molecule has 0 saturated carbocycles. The van der Waals surface area contributed by atoms with Crippen molar-refractivity contribution in [3.63, 3.8) is 0 Å². The Bertz CT molecular complexity index is 829. The summed E-state index contributed by atoms with van der Waals surface area (Å²) in [4.78, 5) is 16.3. The molecule has 24 heavy (non-hydrogen) atoms. The second-order valence-corrected chi connectivity index (χ2v) is 7.23. The molecule has 0 aliphatic carbocycles. The fraction of sp³-hybridized carbons (Fsp3) is 0.200. The van der Waals surface area contributed by atoms with Gasteiger partial charge in [0, 0.05) is 29.7 Å². The molecule has 1 aromatic heterocycles. The first kappa shape index (κ1) is 20.4. The van der Waals surface area contributed by atoms with Gasteiger partial charge in [0.05, 0.1) is 10.6 Å². The van der Waals surface area contributed by atoms with Gasteiger partial charge in [-0.3, -0.25) is 9.78 Å². The molecule has 0 fully saturated rings. The number of sulfone groups is 1. The fourth-order valence-electron chi connectivity index (χ4n) is 2.44. The minimum Gasteiger partial charge on any atom is -0.324 e. The SMILES string of the molecule is Cl.Cl.N[C@H]1CCS(=O)(=O)c2cc(C(=O)Nc3ccncc3)ccc21. The van der Waals surface area contributed by atoms with Crippen LogP contribution < -0.4 is 11.1 Å². The van der Waals surface area contributed by atoms with Crippen molar-refractivity contribution in [1.82, 2.24) is 4.98 Å². The van der Waals surface area contributed by atoms with E-state index in [4.69, 9.17) is 5.73 Å². The number of amides is 1. The second kappa shape index (κ2) is 7.94. The summed E-state index contributed by atoms with van der Waals surface area (Å²) in [5, 5.41) is 2.70. The normalized spacial score (nSPS) is 17.6. The van der Waals surface area contributed by atoms with Crippen LogP contribution >= 0.6 is 24.8 Å². The zero-order valence-corrected chi connectivity index (χ0v) is 15.0. The van der Waals surface area contributed by atoms with Crippen molar-refractivity contribution in [3.05, 3.63) is 53.9 Å². The number of nitrogens with zero attached hydrogens (tertiary/aromatic N) is 1. The molecule has 9 heteroatoms. The average molecular weight is 390 g/mol. The summed E-state index contributed by atoms with van der Waals surface area (Å²) in [5.74, 6) is -0.361. The molecule has 0 spiro atoms. The fourth-order valence-corrected chi connectivity index (χ4v) is 4.11. The monoisotopic (exact) mass is 389 g/mol. The highest BCUT2D eigenvalue weighted by molar-refractivity contribution is 7.91. The average Bonchev–Trinajstić information content (AvgIpc) is 2.52. The molecule has 0 bridgehead atoms. The van der Waals surface area contributed by atoms with E-state index in [-0.39, 0.29) is 53.0 Å². The Balaban J connectivity index is 0.00000144. The lowest BCUT2D eigenvalue weighted by Crippen LogP contribution is -2.25. The number of fused-ring (bicyclic) bond motifs is 1. The van der Waals surface area contributed by atoms with Gasteiger partial charge in [-0.15, -0.1) is 24.8 Å². The van der Waals surface area contributed by atoms with Crippen LogP contribution in [0.25, 0.3) is 0 Å². The zero-order chi connectivity index (χ0) is 15.7. The Morgan fingerprint density at radius 2 is 1.83 bits per heavy atom. The highest BCUT2D eigenvalue weighted by Gasteiger charge is 2.29. The van der Waals surface area contributed by atoms with Gasteiger partial charge in [-0.2, -0.15) is 0 Å². The quantitative estimate of drug-likeness (QED) is 0.820. The summed E-state index contributed by atoms with van der Waals surface area (Å²) in [7, 11) is -3.37. The number of nitrogens with two attached hydrogens (primary N) is 1. The van der Waals surface area contributed by atoms with Crippen molar-refractivity contribution in [3.8, 4) is 0 Å². The van der Waals surface area contributed by atoms with E-state index in [0.717, 1.165) is 0 Å². The maximum Gasteiger partial charge on any atom is 0.255 e. The van der Waals surface area contributed by atoms with Gasteiger partial charge < -0.3 is 11.1 Å². The third-order valence-electron chi connectivity index (χ3n) is 3.65. The van der Waals surface area contributed by atoms with Gasteiger partial charge in [-0.1, -0.05) is 6.07 Å². The Morgan fingerprint density at radius 1 is 1.17 bits per heavy atom. The lowest BCUT2D eigenvalue weighted by molar-refractivity contribution is 0.102. The van der Waals surface area contributed by atoms with Crippen LogP contribution in [0, 0.1) is 0 Å². The molecule has 2 aromatic rings. The first-order chi connectivity index (χ1) is 10.5. The maximum atomic E-state index is 12.2. The largest absolute Gasteiger partial charge is 0.324 e. The number of nitrogens with one attached hydrogen (secondary N) is 1. The predicted octanol–water partition coefficient (Wildman–Crippen LogP) is 2.35. The number of carbonyl (C=O) groups excluding carboxylic acids is 1. The van der Waals surface area contributed by atoms with Gasteiger partial charge in [-0.05, 0) is 36.2 Å². The molecule has 6 nitrogen and oxygen atoms in total. The highest BCUT2D eigenvalue weighted by Crippen LogP contribution is 2.31. The molecule has 1 aliphatic heterocycles. The number of carbonyl (C=O) groups is 1. The van der Waals surface area contributed by atoms with E-state index in [1.807, 2.05) is 0 Å². The second-order valence-electron chi connectivity index (χ2n) is 5.16. The smallest absolute Gasteiger partial charge is 0.255 e. The van der Waals surface area contributed by atoms with Gasteiger partial charge in [0.2, 0.25) is 0 Å². The van der Waals surface area contributed by atoms with Crippen LogP contribution in [0.5, 0.6) is 0 Å². The number of anilines is 1. The zero-order valence-electron chi connectivity index (χ0n) is 12.5. The lowest BCUT2D eigenvalue weighted by atomic mass is 10.0. The Labute approximate surface area is 152 Å². The van der Waals surface area contributed by atoms with Crippen LogP contribution in [-0.2, 0) is 9.84 Å². The highest BCUT2D eigenvalue weighted by atomic mass is 35.5. The predicted molar refractivity (Wildman–Crippen MR) is 96.7 cm³/mol. The number of hydrogen-bond donors (Lipinski definition) is 2. The molecule has 0 unspecified atom stereocenters. The lowest BCUT2D eigenvalue weighted by Gasteiger charge is -2.22. The molecule has 0 saturated heterocycles. The molecule has 1 aromatic carbocycles.